The van der Waals surface area contributed by atoms with Crippen molar-refractivity contribution in [1.82, 2.24) is 15.2 Å². The van der Waals surface area contributed by atoms with Crippen molar-refractivity contribution in [3.8, 4) is 0 Å². The van der Waals surface area contributed by atoms with E-state index in [4.69, 9.17) is 5.73 Å². The number of hydrogen-bond acceptors (Lipinski definition) is 3. The molecule has 0 aliphatic heterocycles. The predicted molar refractivity (Wildman–Crippen MR) is 83.5 cm³/mol. The molecule has 6 heteroatoms. The van der Waals surface area contributed by atoms with Crippen LogP contribution in [0.3, 0.4) is 0 Å². The lowest BCUT2D eigenvalue weighted by Gasteiger charge is -2.17. The first-order valence-electron chi connectivity index (χ1n) is 6.97. The number of rotatable bonds is 4. The highest BCUT2D eigenvalue weighted by Crippen LogP contribution is 2.31. The number of pyridine rings is 1. The Morgan fingerprint density at radius 2 is 2.05 bits per heavy atom. The molecule has 0 spiro atoms. The Morgan fingerprint density at radius 1 is 1.27 bits per heavy atom. The van der Waals surface area contributed by atoms with E-state index in [0.717, 1.165) is 16.5 Å². The Balaban J connectivity index is 2.25. The molecule has 6 nitrogen and oxygen atoms in total. The third kappa shape index (κ3) is 2.39. The molecule has 112 valence electrons. The summed E-state index contributed by atoms with van der Waals surface area (Å²) < 4.78 is 0. The van der Waals surface area contributed by atoms with E-state index in [1.165, 1.54) is 0 Å². The topological polar surface area (TPSA) is 105 Å². The molecule has 0 bridgehead atoms. The summed E-state index contributed by atoms with van der Waals surface area (Å²) >= 11 is 0. The van der Waals surface area contributed by atoms with Crippen molar-refractivity contribution >= 4 is 16.8 Å². The van der Waals surface area contributed by atoms with E-state index in [1.54, 1.807) is 13.1 Å². The maximum absolute atomic E-state index is 12.1. The average Bonchev–Trinajstić information content (AvgIpc) is 2.83. The molecule has 2 aromatic heterocycles. The summed E-state index contributed by atoms with van der Waals surface area (Å²) in [6.07, 6.45) is 1.75. The van der Waals surface area contributed by atoms with Crippen molar-refractivity contribution in [3.05, 3.63) is 63.7 Å². The lowest BCUT2D eigenvalue weighted by molar-refractivity contribution is -0.118. The van der Waals surface area contributed by atoms with E-state index in [1.807, 2.05) is 30.3 Å². The average molecular weight is 296 g/mol. The number of nitrogens with zero attached hydrogens (tertiary/aromatic N) is 1. The molecule has 0 unspecified atom stereocenters. The molecule has 3 rings (SSSR count). The van der Waals surface area contributed by atoms with Crippen LogP contribution in [0, 0.1) is 6.92 Å². The molecule has 1 aromatic carbocycles. The number of carbonyl (C=O) groups is 1. The van der Waals surface area contributed by atoms with Gasteiger partial charge >= 0.3 is 0 Å². The standard InChI is InChI=1S/C16H16N4O2/c1-9-15(16(22)20-19-9)12(8-14(17)21)10-6-7-18-13-5-3-2-4-11(10)13/h2-7,12H,8H2,1H3,(H2,17,21)(H2,19,20,22)/t12-/m0/s1. The van der Waals surface area contributed by atoms with Crippen molar-refractivity contribution in [2.75, 3.05) is 0 Å². The number of aryl methyl sites for hydroxylation is 1. The molecule has 0 aliphatic rings. The summed E-state index contributed by atoms with van der Waals surface area (Å²) in [5.41, 5.74) is 8.11. The minimum Gasteiger partial charge on any atom is -0.370 e. The van der Waals surface area contributed by atoms with Crippen LogP contribution in [-0.2, 0) is 4.79 Å². The van der Waals surface area contributed by atoms with E-state index in [9.17, 15) is 9.59 Å². The highest BCUT2D eigenvalue weighted by molar-refractivity contribution is 5.84. The van der Waals surface area contributed by atoms with Crippen LogP contribution in [0.5, 0.6) is 0 Å². The molecule has 2 heterocycles. The van der Waals surface area contributed by atoms with E-state index >= 15 is 0 Å². The van der Waals surface area contributed by atoms with Crippen LogP contribution in [0.1, 0.15) is 29.2 Å². The number of benzene rings is 1. The molecular weight excluding hydrogens is 280 g/mol. The van der Waals surface area contributed by atoms with E-state index in [0.29, 0.717) is 11.3 Å². The van der Waals surface area contributed by atoms with Gasteiger partial charge in [0.25, 0.3) is 5.56 Å². The SMILES string of the molecule is Cc1[nH][nH]c(=O)c1[C@@H](CC(N)=O)c1ccnc2ccccc12. The van der Waals surface area contributed by atoms with Gasteiger partial charge in [0, 0.05) is 35.2 Å². The molecule has 22 heavy (non-hydrogen) atoms. The first-order chi connectivity index (χ1) is 10.6. The Bertz CT molecular complexity index is 889. The van der Waals surface area contributed by atoms with Crippen LogP contribution >= 0.6 is 0 Å². The second-order valence-electron chi connectivity index (χ2n) is 5.26. The Labute approximate surface area is 126 Å². The fourth-order valence-electron chi connectivity index (χ4n) is 2.87. The second-order valence-corrected chi connectivity index (χ2v) is 5.26. The molecule has 0 saturated carbocycles. The van der Waals surface area contributed by atoms with Gasteiger partial charge in [0.15, 0.2) is 0 Å². The number of primary amides is 1. The molecular formula is C16H16N4O2. The molecule has 0 saturated heterocycles. The Kier molecular flexibility index (Phi) is 3.50. The Hall–Kier alpha value is -2.89. The largest absolute Gasteiger partial charge is 0.370 e. The summed E-state index contributed by atoms with van der Waals surface area (Å²) in [5, 5.41) is 6.28. The summed E-state index contributed by atoms with van der Waals surface area (Å²) in [7, 11) is 0. The number of nitrogens with two attached hydrogens (primary N) is 1. The van der Waals surface area contributed by atoms with E-state index < -0.39 is 11.8 Å². The van der Waals surface area contributed by atoms with Crippen LogP contribution in [-0.4, -0.2) is 21.1 Å². The van der Waals surface area contributed by atoms with Crippen LogP contribution in [0.15, 0.2) is 41.3 Å². The molecule has 1 amide bonds. The summed E-state index contributed by atoms with van der Waals surface area (Å²) in [5.74, 6) is -0.855. The molecule has 0 aliphatic carbocycles. The number of amides is 1. The number of nitrogens with one attached hydrogen (secondary N) is 2. The fraction of sp³-hybridized carbons (Fsp3) is 0.188. The number of para-hydroxylation sites is 1. The number of fused-ring (bicyclic) bond motifs is 1. The maximum Gasteiger partial charge on any atom is 0.267 e. The zero-order chi connectivity index (χ0) is 15.7. The van der Waals surface area contributed by atoms with E-state index in [-0.39, 0.29) is 12.0 Å². The molecule has 4 N–H and O–H groups in total. The first-order valence-corrected chi connectivity index (χ1v) is 6.97. The lowest BCUT2D eigenvalue weighted by Crippen LogP contribution is -2.21. The second kappa shape index (κ2) is 5.48. The third-order valence-corrected chi connectivity index (χ3v) is 3.82. The van der Waals surface area contributed by atoms with Gasteiger partial charge in [0.1, 0.15) is 0 Å². The van der Waals surface area contributed by atoms with Crippen molar-refractivity contribution in [2.45, 2.75) is 19.3 Å². The van der Waals surface area contributed by atoms with Gasteiger partial charge in [-0.25, -0.2) is 0 Å². The zero-order valence-electron chi connectivity index (χ0n) is 12.1. The van der Waals surface area contributed by atoms with Crippen LogP contribution < -0.4 is 11.3 Å². The lowest BCUT2D eigenvalue weighted by atomic mass is 9.86. The van der Waals surface area contributed by atoms with Crippen LogP contribution in [0.25, 0.3) is 10.9 Å². The minimum absolute atomic E-state index is 0.0653. The Morgan fingerprint density at radius 3 is 2.73 bits per heavy atom. The van der Waals surface area contributed by atoms with Gasteiger partial charge < -0.3 is 10.8 Å². The maximum atomic E-state index is 12.1. The van der Waals surface area contributed by atoms with Crippen LogP contribution in [0.4, 0.5) is 0 Å². The van der Waals surface area contributed by atoms with Gasteiger partial charge in [0.2, 0.25) is 5.91 Å². The van der Waals surface area contributed by atoms with Gasteiger partial charge in [-0.2, -0.15) is 0 Å². The van der Waals surface area contributed by atoms with Crippen LogP contribution in [0.2, 0.25) is 0 Å². The van der Waals surface area contributed by atoms with Gasteiger partial charge in [-0.15, -0.1) is 0 Å². The fourth-order valence-corrected chi connectivity index (χ4v) is 2.87. The van der Waals surface area contributed by atoms with Crippen molar-refractivity contribution in [1.29, 1.82) is 0 Å². The van der Waals surface area contributed by atoms with Gasteiger partial charge in [-0.05, 0) is 24.6 Å². The first kappa shape index (κ1) is 14.1. The summed E-state index contributed by atoms with van der Waals surface area (Å²) in [6.45, 7) is 1.80. The highest BCUT2D eigenvalue weighted by atomic mass is 16.1. The highest BCUT2D eigenvalue weighted by Gasteiger charge is 2.24. The molecule has 1 atom stereocenters. The number of hydrogen-bond donors (Lipinski definition) is 3. The number of H-pyrrole nitrogens is 2. The van der Waals surface area contributed by atoms with Crippen molar-refractivity contribution < 1.29 is 4.79 Å². The van der Waals surface area contributed by atoms with Gasteiger partial charge in [-0.1, -0.05) is 18.2 Å². The molecule has 0 radical (unpaired) electrons. The van der Waals surface area contributed by atoms with Gasteiger partial charge in [-0.3, -0.25) is 19.7 Å². The summed E-state index contributed by atoms with van der Waals surface area (Å²) in [4.78, 5) is 28.0. The molecule has 0 fully saturated rings. The number of aromatic amines is 2. The van der Waals surface area contributed by atoms with Crippen molar-refractivity contribution in [2.24, 2.45) is 5.73 Å². The third-order valence-electron chi connectivity index (χ3n) is 3.82. The quantitative estimate of drug-likeness (QED) is 0.680. The van der Waals surface area contributed by atoms with Crippen molar-refractivity contribution in [3.63, 3.8) is 0 Å². The monoisotopic (exact) mass is 296 g/mol. The smallest absolute Gasteiger partial charge is 0.267 e. The zero-order valence-corrected chi connectivity index (χ0v) is 12.1. The van der Waals surface area contributed by atoms with E-state index in [2.05, 4.69) is 15.2 Å². The summed E-state index contributed by atoms with van der Waals surface area (Å²) in [6, 6.07) is 9.47. The van der Waals surface area contributed by atoms with Gasteiger partial charge in [0.05, 0.1) is 5.52 Å². The normalized spacial score (nSPS) is 12.4. The minimum atomic E-state index is -0.453. The number of aromatic nitrogens is 3. The predicted octanol–water partition coefficient (Wildman–Crippen LogP) is 1.57. The molecule has 3 aromatic rings. The number of carbonyl (C=O) groups excluding carboxylic acids is 1.